The van der Waals surface area contributed by atoms with E-state index in [1.165, 1.54) is 11.8 Å². The Bertz CT molecular complexity index is 265. The van der Waals surface area contributed by atoms with Gasteiger partial charge in [-0.3, -0.25) is 9.79 Å². The third-order valence-electron chi connectivity index (χ3n) is 1.62. The molecule has 1 N–H and O–H groups in total. The quantitative estimate of drug-likeness (QED) is 0.660. The molecule has 0 aromatic carbocycles. The lowest BCUT2D eigenvalue weighted by molar-refractivity contribution is -0.305. The molecule has 1 rings (SSSR count). The Kier molecular flexibility index (Phi) is 4.45. The largest absolute Gasteiger partial charge is 0.550 e. The summed E-state index contributed by atoms with van der Waals surface area (Å²) < 4.78 is 0. The summed E-state index contributed by atoms with van der Waals surface area (Å²) in [5.41, 5.74) is 0. The van der Waals surface area contributed by atoms with E-state index in [0.717, 1.165) is 12.3 Å². The smallest absolute Gasteiger partial charge is 0.225 e. The summed E-state index contributed by atoms with van der Waals surface area (Å²) in [6.07, 6.45) is 0.437. The number of aliphatic carboxylic acids is 1. The molecule has 14 heavy (non-hydrogen) atoms. The van der Waals surface area contributed by atoms with E-state index in [9.17, 15) is 14.7 Å². The van der Waals surface area contributed by atoms with Gasteiger partial charge >= 0.3 is 0 Å². The lowest BCUT2D eigenvalue weighted by Crippen LogP contribution is -2.28. The average Bonchev–Trinajstić information content (AvgIpc) is 2.56. The molecule has 1 heterocycles. The molecule has 0 unspecified atom stereocenters. The zero-order valence-corrected chi connectivity index (χ0v) is 8.43. The first-order chi connectivity index (χ1) is 6.68. The number of amides is 1. The maximum absolute atomic E-state index is 11.2. The van der Waals surface area contributed by atoms with Crippen LogP contribution in [0.5, 0.6) is 0 Å². The first kappa shape index (κ1) is 11.0. The van der Waals surface area contributed by atoms with Crippen LogP contribution in [0.3, 0.4) is 0 Å². The van der Waals surface area contributed by atoms with Gasteiger partial charge in [-0.2, -0.15) is 0 Å². The highest BCUT2D eigenvalue weighted by molar-refractivity contribution is 8.14. The number of carbonyl (C=O) groups excluding carboxylic acids is 2. The molecule has 0 spiro atoms. The van der Waals surface area contributed by atoms with Gasteiger partial charge in [-0.1, -0.05) is 11.8 Å². The third-order valence-corrected chi connectivity index (χ3v) is 2.51. The maximum atomic E-state index is 11.2. The predicted octanol–water partition coefficient (Wildman–Crippen LogP) is -0.874. The molecule has 0 bridgehead atoms. The summed E-state index contributed by atoms with van der Waals surface area (Å²) in [6, 6.07) is 0. The normalized spacial score (nSPS) is 15.0. The van der Waals surface area contributed by atoms with E-state index in [1.807, 2.05) is 0 Å². The molecule has 1 amide bonds. The molecule has 0 fully saturated rings. The summed E-state index contributed by atoms with van der Waals surface area (Å²) in [5, 5.41) is 13.3. The molecule has 5 nitrogen and oxygen atoms in total. The van der Waals surface area contributed by atoms with Gasteiger partial charge in [0.25, 0.3) is 0 Å². The number of nitrogens with one attached hydrogen (secondary N) is 1. The molecule has 0 aliphatic carbocycles. The Morgan fingerprint density at radius 1 is 1.50 bits per heavy atom. The highest BCUT2D eigenvalue weighted by Crippen LogP contribution is 2.09. The minimum Gasteiger partial charge on any atom is -0.550 e. The fourth-order valence-electron chi connectivity index (χ4n) is 0.986. The molecule has 0 aromatic heterocycles. The van der Waals surface area contributed by atoms with E-state index in [0.29, 0.717) is 11.6 Å². The summed E-state index contributed by atoms with van der Waals surface area (Å²) in [5.74, 6) is -0.404. The molecule has 0 aromatic rings. The monoisotopic (exact) mass is 215 g/mol. The van der Waals surface area contributed by atoms with E-state index < -0.39 is 5.97 Å². The second-order valence-corrected chi connectivity index (χ2v) is 3.89. The Hall–Kier alpha value is -1.04. The Morgan fingerprint density at radius 2 is 2.29 bits per heavy atom. The van der Waals surface area contributed by atoms with Crippen molar-refractivity contribution in [3.05, 3.63) is 0 Å². The summed E-state index contributed by atoms with van der Waals surface area (Å²) >= 11 is 1.50. The minimum atomic E-state index is -1.12. The van der Waals surface area contributed by atoms with Gasteiger partial charge in [-0.25, -0.2) is 0 Å². The van der Waals surface area contributed by atoms with E-state index >= 15 is 0 Å². The first-order valence-corrected chi connectivity index (χ1v) is 5.34. The van der Waals surface area contributed by atoms with Crippen LogP contribution in [0.15, 0.2) is 4.99 Å². The van der Waals surface area contributed by atoms with Crippen molar-refractivity contribution in [2.24, 2.45) is 4.99 Å². The number of amidine groups is 1. The van der Waals surface area contributed by atoms with E-state index in [1.54, 1.807) is 0 Å². The Morgan fingerprint density at radius 3 is 2.86 bits per heavy atom. The number of rotatable bonds is 4. The predicted molar refractivity (Wildman–Crippen MR) is 51.8 cm³/mol. The van der Waals surface area contributed by atoms with Gasteiger partial charge in [0.1, 0.15) is 0 Å². The van der Waals surface area contributed by atoms with Gasteiger partial charge in [0.05, 0.1) is 6.54 Å². The molecule has 0 atom stereocenters. The van der Waals surface area contributed by atoms with Crippen LogP contribution in [0.25, 0.3) is 0 Å². The molecular weight excluding hydrogens is 204 g/mol. The maximum Gasteiger partial charge on any atom is 0.225 e. The van der Waals surface area contributed by atoms with Crippen molar-refractivity contribution in [3.8, 4) is 0 Å². The van der Waals surface area contributed by atoms with E-state index in [4.69, 9.17) is 0 Å². The Balaban J connectivity index is 2.12. The number of carboxylic acids is 1. The summed E-state index contributed by atoms with van der Waals surface area (Å²) in [6.45, 7) is 0.735. The number of hydrogen-bond donors (Lipinski definition) is 1. The fourth-order valence-corrected chi connectivity index (χ4v) is 1.73. The lowest BCUT2D eigenvalue weighted by Gasteiger charge is -2.03. The van der Waals surface area contributed by atoms with Crippen LogP contribution in [-0.2, 0) is 9.59 Å². The number of thioether (sulfide) groups is 1. The zero-order valence-electron chi connectivity index (χ0n) is 7.62. The van der Waals surface area contributed by atoms with Gasteiger partial charge in [-0.05, 0) is 12.8 Å². The van der Waals surface area contributed by atoms with Crippen molar-refractivity contribution in [1.82, 2.24) is 5.32 Å². The van der Waals surface area contributed by atoms with Crippen molar-refractivity contribution in [2.75, 3.05) is 12.3 Å². The molecule has 1 aliphatic rings. The van der Waals surface area contributed by atoms with E-state index in [2.05, 4.69) is 10.3 Å². The third kappa shape index (κ3) is 4.27. The summed E-state index contributed by atoms with van der Waals surface area (Å²) in [4.78, 5) is 25.3. The van der Waals surface area contributed by atoms with Gasteiger partial charge in [0, 0.05) is 18.1 Å². The first-order valence-electron chi connectivity index (χ1n) is 4.35. The standard InChI is InChI=1S/C8H12N2O3S/c11-6(2-1-3-7(12)13)10-8-9-4-5-14-8/h1-5H2,(H,12,13)(H,9,10,11)/p-1. The van der Waals surface area contributed by atoms with Crippen LogP contribution in [0.4, 0.5) is 0 Å². The number of hydrogen-bond acceptors (Lipinski definition) is 5. The Labute approximate surface area is 86.0 Å². The van der Waals surface area contributed by atoms with Crippen LogP contribution >= 0.6 is 11.8 Å². The SMILES string of the molecule is O=C([O-])CCCC(=O)NC1=NCCS1. The van der Waals surface area contributed by atoms with E-state index in [-0.39, 0.29) is 18.7 Å². The van der Waals surface area contributed by atoms with Crippen molar-refractivity contribution >= 4 is 28.8 Å². The average molecular weight is 215 g/mol. The number of carbonyl (C=O) groups is 2. The molecule has 0 saturated heterocycles. The molecular formula is C8H11N2O3S-. The van der Waals surface area contributed by atoms with Crippen molar-refractivity contribution in [3.63, 3.8) is 0 Å². The number of nitrogens with zero attached hydrogens (tertiary/aromatic N) is 1. The molecule has 6 heteroatoms. The van der Waals surface area contributed by atoms with Crippen LogP contribution in [0, 0.1) is 0 Å². The van der Waals surface area contributed by atoms with Crippen molar-refractivity contribution < 1.29 is 14.7 Å². The highest BCUT2D eigenvalue weighted by Gasteiger charge is 2.09. The van der Waals surface area contributed by atoms with Gasteiger partial charge < -0.3 is 15.2 Å². The molecule has 0 saturated carbocycles. The van der Waals surface area contributed by atoms with Gasteiger partial charge in [-0.15, -0.1) is 0 Å². The fraction of sp³-hybridized carbons (Fsp3) is 0.625. The lowest BCUT2D eigenvalue weighted by atomic mass is 10.2. The van der Waals surface area contributed by atoms with Crippen molar-refractivity contribution in [1.29, 1.82) is 0 Å². The van der Waals surface area contributed by atoms with Crippen LogP contribution in [0.1, 0.15) is 19.3 Å². The second kappa shape index (κ2) is 5.64. The summed E-state index contributed by atoms with van der Waals surface area (Å²) in [7, 11) is 0. The van der Waals surface area contributed by atoms with Crippen LogP contribution < -0.4 is 10.4 Å². The van der Waals surface area contributed by atoms with Crippen LogP contribution in [-0.4, -0.2) is 29.3 Å². The molecule has 78 valence electrons. The molecule has 0 radical (unpaired) electrons. The number of carboxylic acid groups (broad SMARTS) is 1. The zero-order chi connectivity index (χ0) is 10.4. The highest BCUT2D eigenvalue weighted by atomic mass is 32.2. The van der Waals surface area contributed by atoms with Gasteiger partial charge in [0.2, 0.25) is 5.91 Å². The number of aliphatic imine (C=N–C) groups is 1. The van der Waals surface area contributed by atoms with Gasteiger partial charge in [0.15, 0.2) is 5.17 Å². The van der Waals surface area contributed by atoms with Crippen molar-refractivity contribution in [2.45, 2.75) is 19.3 Å². The second-order valence-electron chi connectivity index (χ2n) is 2.81. The molecule has 1 aliphatic heterocycles. The van der Waals surface area contributed by atoms with Crippen LogP contribution in [0.2, 0.25) is 0 Å². The minimum absolute atomic E-state index is 0.0764. The topological polar surface area (TPSA) is 81.6 Å².